The van der Waals surface area contributed by atoms with Crippen LogP contribution in [-0.4, -0.2) is 43.3 Å². The maximum absolute atomic E-state index is 11.4. The van der Waals surface area contributed by atoms with Crippen LogP contribution in [0.4, 0.5) is 0 Å². The van der Waals surface area contributed by atoms with E-state index in [1.807, 2.05) is 0 Å². The summed E-state index contributed by atoms with van der Waals surface area (Å²) in [5.74, 6) is -1.89. The lowest BCUT2D eigenvalue weighted by molar-refractivity contribution is -0.140. The molecule has 0 rings (SSSR count). The molecule has 0 saturated carbocycles. The summed E-state index contributed by atoms with van der Waals surface area (Å²) in [5.41, 5.74) is -0.186. The Hall–Kier alpha value is -2.07. The lowest BCUT2D eigenvalue weighted by Gasteiger charge is -2.08. The third-order valence-corrected chi connectivity index (χ3v) is 1.78. The van der Waals surface area contributed by atoms with Gasteiger partial charge < -0.3 is 20.5 Å². The second kappa shape index (κ2) is 8.13. The molecule has 0 aromatic carbocycles. The first-order valence-electron chi connectivity index (χ1n) is 4.89. The van der Waals surface area contributed by atoms with Crippen molar-refractivity contribution >= 4 is 11.9 Å². The number of aliphatic carboxylic acids is 1. The van der Waals surface area contributed by atoms with Crippen molar-refractivity contribution < 1.29 is 19.4 Å². The van der Waals surface area contributed by atoms with E-state index in [4.69, 9.17) is 15.1 Å². The fourth-order valence-corrected chi connectivity index (χ4v) is 0.820. The summed E-state index contributed by atoms with van der Waals surface area (Å²) >= 11 is 0. The van der Waals surface area contributed by atoms with E-state index in [1.165, 1.54) is 20.2 Å². The summed E-state index contributed by atoms with van der Waals surface area (Å²) in [4.78, 5) is 21.9. The van der Waals surface area contributed by atoms with Crippen LogP contribution in [0.5, 0.6) is 0 Å². The van der Waals surface area contributed by atoms with Crippen molar-refractivity contribution in [2.75, 3.05) is 20.3 Å². The van der Waals surface area contributed by atoms with Gasteiger partial charge in [0.2, 0.25) is 0 Å². The predicted molar refractivity (Wildman–Crippen MR) is 58.8 cm³/mol. The van der Waals surface area contributed by atoms with Gasteiger partial charge in [0.15, 0.2) is 0 Å². The van der Waals surface area contributed by atoms with Crippen LogP contribution < -0.4 is 10.6 Å². The first-order chi connectivity index (χ1) is 8.02. The average Bonchev–Trinajstić information content (AvgIpc) is 2.28. The number of hydrogen-bond acceptors (Lipinski definition) is 5. The average molecular weight is 241 g/mol. The van der Waals surface area contributed by atoms with Gasteiger partial charge in [-0.3, -0.25) is 9.59 Å². The van der Waals surface area contributed by atoms with Crippen LogP contribution in [0.2, 0.25) is 0 Å². The minimum Gasteiger partial charge on any atom is -0.480 e. The third kappa shape index (κ3) is 6.17. The molecule has 7 nitrogen and oxygen atoms in total. The molecule has 3 N–H and O–H groups in total. The van der Waals surface area contributed by atoms with Gasteiger partial charge in [0, 0.05) is 19.9 Å². The number of nitrogens with zero attached hydrogens (tertiary/aromatic N) is 1. The Bertz CT molecular complexity index is 346. The zero-order valence-corrected chi connectivity index (χ0v) is 9.69. The topological polar surface area (TPSA) is 111 Å². The van der Waals surface area contributed by atoms with Gasteiger partial charge in [0.25, 0.3) is 5.91 Å². The fourth-order valence-electron chi connectivity index (χ4n) is 0.820. The maximum atomic E-state index is 11.4. The number of ether oxygens (including phenoxy) is 1. The first kappa shape index (κ1) is 14.9. The summed E-state index contributed by atoms with van der Waals surface area (Å²) in [6.45, 7) is 2.19. The number of amides is 1. The van der Waals surface area contributed by atoms with Gasteiger partial charge in [0.05, 0.1) is 6.61 Å². The summed E-state index contributed by atoms with van der Waals surface area (Å²) in [6, 6.07) is 0.633. The standard InChI is InChI=1S/C10H15N3O4/c1-7(10(15)16)13-9(14)8(5-11)6-12-3-4-17-2/h6-7,12H,3-4H2,1-2H3,(H,13,14)(H,15,16)/b8-6-. The summed E-state index contributed by atoms with van der Waals surface area (Å²) in [7, 11) is 1.53. The molecule has 17 heavy (non-hydrogen) atoms. The molecule has 1 atom stereocenters. The molecular weight excluding hydrogens is 226 g/mol. The van der Waals surface area contributed by atoms with Crippen molar-refractivity contribution in [3.05, 3.63) is 11.8 Å². The van der Waals surface area contributed by atoms with Crippen molar-refractivity contribution in [1.29, 1.82) is 5.26 Å². The number of nitrogens with one attached hydrogen (secondary N) is 2. The number of carbonyl (C=O) groups is 2. The van der Waals surface area contributed by atoms with E-state index in [2.05, 4.69) is 10.6 Å². The van der Waals surface area contributed by atoms with E-state index in [0.717, 1.165) is 0 Å². The molecule has 0 aliphatic rings. The molecule has 0 radical (unpaired) electrons. The van der Waals surface area contributed by atoms with Gasteiger partial charge in [0.1, 0.15) is 17.7 Å². The van der Waals surface area contributed by atoms with Gasteiger partial charge in [-0.15, -0.1) is 0 Å². The van der Waals surface area contributed by atoms with Crippen molar-refractivity contribution in [2.24, 2.45) is 0 Å². The molecule has 0 fully saturated rings. The van der Waals surface area contributed by atoms with E-state index in [-0.39, 0.29) is 5.57 Å². The Labute approximate surface area is 99.1 Å². The Kier molecular flexibility index (Phi) is 7.14. The Morgan fingerprint density at radius 2 is 2.24 bits per heavy atom. The number of hydrogen-bond donors (Lipinski definition) is 3. The predicted octanol–water partition coefficient (Wildman–Crippen LogP) is -0.781. The highest BCUT2D eigenvalue weighted by atomic mass is 16.5. The quantitative estimate of drug-likeness (QED) is 0.306. The minimum atomic E-state index is -1.16. The van der Waals surface area contributed by atoms with Crippen LogP contribution in [-0.2, 0) is 14.3 Å². The number of carboxylic acids is 1. The highest BCUT2D eigenvalue weighted by Crippen LogP contribution is 1.92. The molecule has 7 heteroatoms. The van der Waals surface area contributed by atoms with Crippen LogP contribution in [0.15, 0.2) is 11.8 Å². The van der Waals surface area contributed by atoms with E-state index in [1.54, 1.807) is 6.07 Å². The molecule has 0 bridgehead atoms. The molecule has 0 aromatic rings. The SMILES string of the molecule is COCCN/C=C(/C#N)C(=O)NC(C)C(=O)O. The maximum Gasteiger partial charge on any atom is 0.325 e. The van der Waals surface area contributed by atoms with Gasteiger partial charge in [-0.1, -0.05) is 0 Å². The molecule has 0 aliphatic carbocycles. The Morgan fingerprint density at radius 3 is 2.71 bits per heavy atom. The normalized spacial score (nSPS) is 12.4. The minimum absolute atomic E-state index is 0.186. The van der Waals surface area contributed by atoms with Crippen LogP contribution in [0, 0.1) is 11.3 Å². The van der Waals surface area contributed by atoms with Gasteiger partial charge >= 0.3 is 5.97 Å². The Balaban J connectivity index is 4.31. The summed E-state index contributed by atoms with van der Waals surface area (Å²) < 4.78 is 4.76. The number of methoxy groups -OCH3 is 1. The monoisotopic (exact) mass is 241 g/mol. The van der Waals surface area contributed by atoms with Gasteiger partial charge in [-0.05, 0) is 6.92 Å². The molecule has 1 amide bonds. The van der Waals surface area contributed by atoms with Crippen molar-refractivity contribution in [3.63, 3.8) is 0 Å². The number of carbonyl (C=O) groups excluding carboxylic acids is 1. The molecule has 0 spiro atoms. The van der Waals surface area contributed by atoms with Crippen LogP contribution >= 0.6 is 0 Å². The molecule has 0 aromatic heterocycles. The second-order valence-electron chi connectivity index (χ2n) is 3.15. The molecule has 0 heterocycles. The lowest BCUT2D eigenvalue weighted by Crippen LogP contribution is -2.39. The van der Waals surface area contributed by atoms with Crippen LogP contribution in [0.3, 0.4) is 0 Å². The number of rotatable bonds is 7. The van der Waals surface area contributed by atoms with E-state index in [9.17, 15) is 9.59 Å². The van der Waals surface area contributed by atoms with Crippen LogP contribution in [0.25, 0.3) is 0 Å². The third-order valence-electron chi connectivity index (χ3n) is 1.78. The molecule has 1 unspecified atom stereocenters. The van der Waals surface area contributed by atoms with Crippen LogP contribution in [0.1, 0.15) is 6.92 Å². The number of carboxylic acid groups (broad SMARTS) is 1. The Morgan fingerprint density at radius 1 is 1.59 bits per heavy atom. The van der Waals surface area contributed by atoms with Gasteiger partial charge in [-0.2, -0.15) is 5.26 Å². The van der Waals surface area contributed by atoms with E-state index < -0.39 is 17.9 Å². The largest absolute Gasteiger partial charge is 0.480 e. The zero-order chi connectivity index (χ0) is 13.3. The summed E-state index contributed by atoms with van der Waals surface area (Å²) in [5, 5.41) is 22.2. The van der Waals surface area contributed by atoms with Crippen molar-refractivity contribution in [1.82, 2.24) is 10.6 Å². The fraction of sp³-hybridized carbons (Fsp3) is 0.500. The molecule has 0 aliphatic heterocycles. The zero-order valence-electron chi connectivity index (χ0n) is 9.69. The van der Waals surface area contributed by atoms with E-state index >= 15 is 0 Å². The highest BCUT2D eigenvalue weighted by molar-refractivity contribution is 5.98. The highest BCUT2D eigenvalue weighted by Gasteiger charge is 2.16. The lowest BCUT2D eigenvalue weighted by atomic mass is 10.2. The first-order valence-corrected chi connectivity index (χ1v) is 4.89. The second-order valence-corrected chi connectivity index (χ2v) is 3.15. The van der Waals surface area contributed by atoms with Gasteiger partial charge in [-0.25, -0.2) is 0 Å². The molecular formula is C10H15N3O4. The van der Waals surface area contributed by atoms with Crippen molar-refractivity contribution in [3.8, 4) is 6.07 Å². The van der Waals surface area contributed by atoms with Crippen molar-refractivity contribution in [2.45, 2.75) is 13.0 Å². The number of nitriles is 1. The van der Waals surface area contributed by atoms with E-state index in [0.29, 0.717) is 13.2 Å². The summed E-state index contributed by atoms with van der Waals surface area (Å²) in [6.07, 6.45) is 1.23. The molecule has 94 valence electrons. The molecule has 0 saturated heterocycles. The smallest absolute Gasteiger partial charge is 0.325 e.